The van der Waals surface area contributed by atoms with Crippen LogP contribution in [0.4, 0.5) is 0 Å². The Morgan fingerprint density at radius 1 is 0.958 bits per heavy atom. The zero-order chi connectivity index (χ0) is 17.9. The maximum Gasteiger partial charge on any atom is 0.223 e. The largest absolute Gasteiger partial charge is 0.395 e. The number of hydrogen-bond acceptors (Lipinski definition) is 3. The molecule has 0 unspecified atom stereocenters. The molecular weight excluding hydrogens is 300 g/mol. The molecule has 0 spiro atoms. The van der Waals surface area contributed by atoms with Gasteiger partial charge in [0.25, 0.3) is 0 Å². The standard InChI is InChI=1S/C20H38N2O2/c1-3-5-7-9-11-13-16-22(18-19-23)17-15-21-20(24)14-12-10-8-6-4-2/h10-13,23H,3-9,14-19H2,1-2H3,(H,21,24)/b12-10+,13-11+. The number of carbonyl (C=O) groups excluding carboxylic acids is 1. The van der Waals surface area contributed by atoms with Crippen LogP contribution in [0.2, 0.25) is 0 Å². The van der Waals surface area contributed by atoms with Crippen LogP contribution < -0.4 is 5.32 Å². The van der Waals surface area contributed by atoms with Crippen LogP contribution in [0.15, 0.2) is 24.3 Å². The van der Waals surface area contributed by atoms with Gasteiger partial charge in [-0.15, -0.1) is 0 Å². The van der Waals surface area contributed by atoms with Crippen molar-refractivity contribution in [3.8, 4) is 0 Å². The Morgan fingerprint density at radius 3 is 2.38 bits per heavy atom. The minimum atomic E-state index is 0.0711. The monoisotopic (exact) mass is 338 g/mol. The molecule has 0 heterocycles. The summed E-state index contributed by atoms with van der Waals surface area (Å²) >= 11 is 0. The average molecular weight is 339 g/mol. The van der Waals surface area contributed by atoms with Crippen molar-refractivity contribution in [3.63, 3.8) is 0 Å². The number of rotatable bonds is 16. The lowest BCUT2D eigenvalue weighted by Gasteiger charge is -2.19. The van der Waals surface area contributed by atoms with Gasteiger partial charge in [-0.05, 0) is 19.3 Å². The number of unbranched alkanes of at least 4 members (excludes halogenated alkanes) is 5. The Morgan fingerprint density at radius 2 is 1.67 bits per heavy atom. The molecule has 1 amide bonds. The van der Waals surface area contributed by atoms with Crippen molar-refractivity contribution in [2.24, 2.45) is 0 Å². The van der Waals surface area contributed by atoms with Crippen molar-refractivity contribution in [2.45, 2.75) is 65.2 Å². The zero-order valence-corrected chi connectivity index (χ0v) is 15.8. The molecule has 0 aromatic carbocycles. The molecule has 0 aliphatic heterocycles. The number of nitrogens with one attached hydrogen (secondary N) is 1. The minimum Gasteiger partial charge on any atom is -0.395 e. The zero-order valence-electron chi connectivity index (χ0n) is 15.8. The van der Waals surface area contributed by atoms with Crippen molar-refractivity contribution in [1.29, 1.82) is 0 Å². The van der Waals surface area contributed by atoms with Gasteiger partial charge in [-0.3, -0.25) is 9.69 Å². The summed E-state index contributed by atoms with van der Waals surface area (Å²) in [5.41, 5.74) is 0. The van der Waals surface area contributed by atoms with Crippen LogP contribution in [-0.2, 0) is 4.79 Å². The first kappa shape index (κ1) is 22.9. The molecule has 140 valence electrons. The van der Waals surface area contributed by atoms with Gasteiger partial charge in [0, 0.05) is 32.6 Å². The third-order valence-electron chi connectivity index (χ3n) is 3.87. The Balaban J connectivity index is 3.82. The normalized spacial score (nSPS) is 11.8. The fraction of sp³-hybridized carbons (Fsp3) is 0.750. The third kappa shape index (κ3) is 15.8. The van der Waals surface area contributed by atoms with Crippen LogP contribution in [0.25, 0.3) is 0 Å². The maximum atomic E-state index is 11.7. The molecule has 4 nitrogen and oxygen atoms in total. The first-order valence-corrected chi connectivity index (χ1v) is 9.64. The Hall–Kier alpha value is -1.13. The first-order chi connectivity index (χ1) is 11.7. The van der Waals surface area contributed by atoms with Gasteiger partial charge in [-0.2, -0.15) is 0 Å². The molecule has 0 radical (unpaired) electrons. The Bertz CT molecular complexity index is 341. The van der Waals surface area contributed by atoms with E-state index in [2.05, 4.69) is 42.3 Å². The molecule has 0 aromatic heterocycles. The SMILES string of the molecule is CCCC/C=C/CC(=O)NCCN(C/C=C/CCCCC)CCO. The Kier molecular flexibility index (Phi) is 17.4. The number of hydrogen-bond donors (Lipinski definition) is 2. The summed E-state index contributed by atoms with van der Waals surface area (Å²) in [6.07, 6.45) is 17.2. The van der Waals surface area contributed by atoms with E-state index in [0.717, 1.165) is 25.9 Å². The first-order valence-electron chi connectivity index (χ1n) is 9.64. The smallest absolute Gasteiger partial charge is 0.223 e. The summed E-state index contributed by atoms with van der Waals surface area (Å²) in [6.45, 7) is 7.40. The molecule has 0 saturated carbocycles. The van der Waals surface area contributed by atoms with E-state index in [9.17, 15) is 4.79 Å². The highest BCUT2D eigenvalue weighted by atomic mass is 16.3. The number of carbonyl (C=O) groups is 1. The summed E-state index contributed by atoms with van der Waals surface area (Å²) in [4.78, 5) is 13.9. The highest BCUT2D eigenvalue weighted by molar-refractivity contribution is 5.77. The summed E-state index contributed by atoms with van der Waals surface area (Å²) in [6, 6.07) is 0. The minimum absolute atomic E-state index is 0.0711. The molecule has 0 atom stereocenters. The van der Waals surface area contributed by atoms with E-state index in [1.165, 1.54) is 32.1 Å². The summed E-state index contributed by atoms with van der Waals surface area (Å²) in [7, 11) is 0. The van der Waals surface area contributed by atoms with Gasteiger partial charge in [0.1, 0.15) is 0 Å². The van der Waals surface area contributed by atoms with E-state index >= 15 is 0 Å². The molecule has 0 saturated heterocycles. The highest BCUT2D eigenvalue weighted by Crippen LogP contribution is 2.00. The molecule has 0 fully saturated rings. The quantitative estimate of drug-likeness (QED) is 0.333. The lowest BCUT2D eigenvalue weighted by atomic mass is 10.2. The topological polar surface area (TPSA) is 52.6 Å². The number of aliphatic hydroxyl groups is 1. The van der Waals surface area contributed by atoms with Crippen LogP contribution in [0.5, 0.6) is 0 Å². The molecule has 0 aromatic rings. The third-order valence-corrected chi connectivity index (χ3v) is 3.87. The van der Waals surface area contributed by atoms with Crippen molar-refractivity contribution in [1.82, 2.24) is 10.2 Å². The fourth-order valence-electron chi connectivity index (χ4n) is 2.35. The van der Waals surface area contributed by atoms with Gasteiger partial charge in [0.2, 0.25) is 5.91 Å². The second-order valence-electron chi connectivity index (χ2n) is 6.16. The van der Waals surface area contributed by atoms with E-state index in [1.54, 1.807) is 0 Å². The van der Waals surface area contributed by atoms with Crippen LogP contribution in [0, 0.1) is 0 Å². The van der Waals surface area contributed by atoms with Gasteiger partial charge in [0.05, 0.1) is 6.61 Å². The molecule has 0 bridgehead atoms. The summed E-state index contributed by atoms with van der Waals surface area (Å²) in [5, 5.41) is 12.1. The fourth-order valence-corrected chi connectivity index (χ4v) is 2.35. The molecule has 0 rings (SSSR count). The van der Waals surface area contributed by atoms with Gasteiger partial charge in [-0.1, -0.05) is 63.8 Å². The molecule has 0 aliphatic rings. The number of allylic oxidation sites excluding steroid dienone is 2. The van der Waals surface area contributed by atoms with Crippen molar-refractivity contribution < 1.29 is 9.90 Å². The number of amides is 1. The lowest BCUT2D eigenvalue weighted by Crippen LogP contribution is -2.36. The van der Waals surface area contributed by atoms with Crippen molar-refractivity contribution >= 4 is 5.91 Å². The molecule has 24 heavy (non-hydrogen) atoms. The second kappa shape index (κ2) is 18.2. The van der Waals surface area contributed by atoms with E-state index in [1.807, 2.05) is 6.08 Å². The number of aliphatic hydroxyl groups excluding tert-OH is 1. The van der Waals surface area contributed by atoms with Crippen LogP contribution in [0.3, 0.4) is 0 Å². The van der Waals surface area contributed by atoms with Crippen LogP contribution in [-0.4, -0.2) is 48.7 Å². The molecule has 0 aliphatic carbocycles. The van der Waals surface area contributed by atoms with Gasteiger partial charge < -0.3 is 10.4 Å². The lowest BCUT2D eigenvalue weighted by molar-refractivity contribution is -0.120. The van der Waals surface area contributed by atoms with E-state index < -0.39 is 0 Å². The maximum absolute atomic E-state index is 11.7. The predicted octanol–water partition coefficient (Wildman–Crippen LogP) is 3.67. The van der Waals surface area contributed by atoms with Gasteiger partial charge in [0.15, 0.2) is 0 Å². The number of nitrogens with zero attached hydrogens (tertiary/aromatic N) is 1. The van der Waals surface area contributed by atoms with E-state index in [0.29, 0.717) is 19.5 Å². The summed E-state index contributed by atoms with van der Waals surface area (Å²) < 4.78 is 0. The highest BCUT2D eigenvalue weighted by Gasteiger charge is 2.03. The predicted molar refractivity (Wildman–Crippen MR) is 103 cm³/mol. The van der Waals surface area contributed by atoms with Crippen LogP contribution >= 0.6 is 0 Å². The Labute approximate surface area is 149 Å². The van der Waals surface area contributed by atoms with E-state index in [-0.39, 0.29) is 12.5 Å². The van der Waals surface area contributed by atoms with Gasteiger partial charge >= 0.3 is 0 Å². The average Bonchev–Trinajstić information content (AvgIpc) is 2.57. The molecule has 4 heteroatoms. The molecule has 2 N–H and O–H groups in total. The van der Waals surface area contributed by atoms with Crippen molar-refractivity contribution in [3.05, 3.63) is 24.3 Å². The van der Waals surface area contributed by atoms with Crippen molar-refractivity contribution in [2.75, 3.05) is 32.8 Å². The van der Waals surface area contributed by atoms with Crippen LogP contribution in [0.1, 0.15) is 65.2 Å². The van der Waals surface area contributed by atoms with E-state index in [4.69, 9.17) is 5.11 Å². The summed E-state index contributed by atoms with van der Waals surface area (Å²) in [5.74, 6) is 0.0711. The molecular formula is C20H38N2O2. The van der Waals surface area contributed by atoms with Gasteiger partial charge in [-0.25, -0.2) is 0 Å². The second-order valence-corrected chi connectivity index (χ2v) is 6.16.